The first kappa shape index (κ1) is 15.0. The standard InChI is InChI=1S/C16H20FN3O2/c1-11-5-6-13-18-14(15(17)20(13)8-11)16(21)19-7-3-4-12(9-19)10-22-2/h5-6,8,12H,3-4,7,9-10H2,1-2H3/t12-/m0/s1. The van der Waals surface area contributed by atoms with Crippen molar-refractivity contribution >= 4 is 11.6 Å². The third kappa shape index (κ3) is 2.70. The number of pyridine rings is 1. The Kier molecular flexibility index (Phi) is 4.11. The largest absolute Gasteiger partial charge is 0.384 e. The summed E-state index contributed by atoms with van der Waals surface area (Å²) in [5, 5.41) is 0. The van der Waals surface area contributed by atoms with Gasteiger partial charge < -0.3 is 9.64 Å². The molecule has 0 unspecified atom stereocenters. The quantitative estimate of drug-likeness (QED) is 0.874. The van der Waals surface area contributed by atoms with Crippen LogP contribution in [0.2, 0.25) is 0 Å². The van der Waals surface area contributed by atoms with Gasteiger partial charge in [-0.2, -0.15) is 4.39 Å². The Morgan fingerprint density at radius 1 is 1.50 bits per heavy atom. The first-order valence-electron chi connectivity index (χ1n) is 7.52. The fourth-order valence-electron chi connectivity index (χ4n) is 3.03. The number of hydrogen-bond donors (Lipinski definition) is 0. The van der Waals surface area contributed by atoms with Gasteiger partial charge in [-0.05, 0) is 37.3 Å². The molecule has 1 saturated heterocycles. The van der Waals surface area contributed by atoms with Crippen LogP contribution in [0.5, 0.6) is 0 Å². The van der Waals surface area contributed by atoms with Gasteiger partial charge in [-0.3, -0.25) is 9.20 Å². The van der Waals surface area contributed by atoms with Gasteiger partial charge in [0.25, 0.3) is 5.91 Å². The first-order valence-corrected chi connectivity index (χ1v) is 7.52. The zero-order valence-corrected chi connectivity index (χ0v) is 12.9. The number of amides is 1. The molecule has 3 heterocycles. The van der Waals surface area contributed by atoms with Crippen LogP contribution in [0.4, 0.5) is 4.39 Å². The number of carbonyl (C=O) groups excluding carboxylic acids is 1. The van der Waals surface area contributed by atoms with E-state index in [1.807, 2.05) is 13.0 Å². The average molecular weight is 305 g/mol. The van der Waals surface area contributed by atoms with Gasteiger partial charge in [0, 0.05) is 26.4 Å². The third-order valence-corrected chi connectivity index (χ3v) is 4.12. The van der Waals surface area contributed by atoms with Gasteiger partial charge in [0.05, 0.1) is 6.61 Å². The van der Waals surface area contributed by atoms with Crippen molar-refractivity contribution < 1.29 is 13.9 Å². The molecule has 0 bridgehead atoms. The molecular formula is C16H20FN3O2. The summed E-state index contributed by atoms with van der Waals surface area (Å²) >= 11 is 0. The molecule has 1 fully saturated rings. The molecule has 1 aliphatic rings. The van der Waals surface area contributed by atoms with Crippen molar-refractivity contribution in [1.82, 2.24) is 14.3 Å². The Hall–Kier alpha value is -1.95. The van der Waals surface area contributed by atoms with Gasteiger partial charge in [0.1, 0.15) is 5.65 Å². The smallest absolute Gasteiger partial charge is 0.277 e. The van der Waals surface area contributed by atoms with Crippen molar-refractivity contribution in [2.24, 2.45) is 5.92 Å². The highest BCUT2D eigenvalue weighted by Gasteiger charge is 2.28. The van der Waals surface area contributed by atoms with Crippen molar-refractivity contribution in [3.63, 3.8) is 0 Å². The second-order valence-electron chi connectivity index (χ2n) is 5.90. The number of hydrogen-bond acceptors (Lipinski definition) is 3. The average Bonchev–Trinajstić information content (AvgIpc) is 2.84. The van der Waals surface area contributed by atoms with Crippen molar-refractivity contribution in [2.75, 3.05) is 26.8 Å². The summed E-state index contributed by atoms with van der Waals surface area (Å²) < 4.78 is 21.0. The van der Waals surface area contributed by atoms with E-state index in [0.29, 0.717) is 31.3 Å². The maximum Gasteiger partial charge on any atom is 0.277 e. The minimum atomic E-state index is -0.586. The highest BCUT2D eigenvalue weighted by molar-refractivity contribution is 5.93. The van der Waals surface area contributed by atoms with Gasteiger partial charge in [-0.15, -0.1) is 0 Å². The summed E-state index contributed by atoms with van der Waals surface area (Å²) in [6.45, 7) is 3.74. The van der Waals surface area contributed by atoms with Crippen LogP contribution in [-0.4, -0.2) is 47.0 Å². The second kappa shape index (κ2) is 6.04. The number of piperidine rings is 1. The molecule has 1 aliphatic heterocycles. The number of halogens is 1. The molecule has 5 nitrogen and oxygen atoms in total. The minimum absolute atomic E-state index is 0.0938. The molecule has 0 saturated carbocycles. The molecule has 22 heavy (non-hydrogen) atoms. The minimum Gasteiger partial charge on any atom is -0.384 e. The predicted octanol–water partition coefficient (Wildman–Crippen LogP) is 2.28. The Labute approximate surface area is 128 Å². The summed E-state index contributed by atoms with van der Waals surface area (Å²) in [4.78, 5) is 18.4. The molecule has 3 rings (SSSR count). The molecule has 1 atom stereocenters. The van der Waals surface area contributed by atoms with E-state index in [9.17, 15) is 9.18 Å². The Balaban J connectivity index is 1.87. The number of carbonyl (C=O) groups is 1. The number of aryl methyl sites for hydroxylation is 1. The highest BCUT2D eigenvalue weighted by atomic mass is 19.1. The summed E-state index contributed by atoms with van der Waals surface area (Å²) in [7, 11) is 1.66. The number of aromatic nitrogens is 2. The van der Waals surface area contributed by atoms with Crippen LogP contribution >= 0.6 is 0 Å². The van der Waals surface area contributed by atoms with E-state index in [2.05, 4.69) is 4.98 Å². The first-order chi connectivity index (χ1) is 10.6. The number of likely N-dealkylation sites (tertiary alicyclic amines) is 1. The molecule has 6 heteroatoms. The van der Waals surface area contributed by atoms with Crippen molar-refractivity contribution in [3.05, 3.63) is 35.5 Å². The molecule has 1 amide bonds. The zero-order chi connectivity index (χ0) is 15.7. The topological polar surface area (TPSA) is 46.8 Å². The molecule has 2 aromatic rings. The maximum absolute atomic E-state index is 14.5. The van der Waals surface area contributed by atoms with Crippen LogP contribution in [0, 0.1) is 18.8 Å². The molecule has 0 spiro atoms. The predicted molar refractivity (Wildman–Crippen MR) is 80.4 cm³/mol. The van der Waals surface area contributed by atoms with E-state index in [1.54, 1.807) is 24.3 Å². The SMILES string of the molecule is COC[C@H]1CCCN(C(=O)c2nc3ccc(C)cn3c2F)C1. The molecule has 0 radical (unpaired) electrons. The number of rotatable bonds is 3. The van der Waals surface area contributed by atoms with Gasteiger partial charge >= 0.3 is 0 Å². The number of methoxy groups -OCH3 is 1. The number of imidazole rings is 1. The fraction of sp³-hybridized carbons (Fsp3) is 0.500. The fourth-order valence-corrected chi connectivity index (χ4v) is 3.03. The number of nitrogens with zero attached hydrogens (tertiary/aromatic N) is 3. The van der Waals surface area contributed by atoms with Crippen molar-refractivity contribution in [3.8, 4) is 0 Å². The lowest BCUT2D eigenvalue weighted by molar-refractivity contribution is 0.0561. The van der Waals surface area contributed by atoms with Crippen molar-refractivity contribution in [1.29, 1.82) is 0 Å². The highest BCUT2D eigenvalue weighted by Crippen LogP contribution is 2.20. The van der Waals surface area contributed by atoms with Gasteiger partial charge in [0.2, 0.25) is 5.95 Å². The summed E-state index contributed by atoms with van der Waals surface area (Å²) in [5.74, 6) is -0.609. The Morgan fingerprint density at radius 2 is 2.32 bits per heavy atom. The Bertz CT molecular complexity index is 696. The molecular weight excluding hydrogens is 285 g/mol. The van der Waals surface area contributed by atoms with E-state index in [1.165, 1.54) is 4.40 Å². The summed E-state index contributed by atoms with van der Waals surface area (Å²) in [6, 6.07) is 3.57. The zero-order valence-electron chi connectivity index (χ0n) is 12.9. The van der Waals surface area contributed by atoms with E-state index < -0.39 is 5.95 Å². The van der Waals surface area contributed by atoms with Crippen LogP contribution in [0.1, 0.15) is 28.9 Å². The van der Waals surface area contributed by atoms with Crippen LogP contribution in [-0.2, 0) is 4.74 Å². The van der Waals surface area contributed by atoms with Gasteiger partial charge in [-0.1, -0.05) is 6.07 Å². The second-order valence-corrected chi connectivity index (χ2v) is 5.90. The van der Waals surface area contributed by atoms with E-state index in [4.69, 9.17) is 4.74 Å². The van der Waals surface area contributed by atoms with E-state index >= 15 is 0 Å². The van der Waals surface area contributed by atoms with Crippen molar-refractivity contribution in [2.45, 2.75) is 19.8 Å². The summed E-state index contributed by atoms with van der Waals surface area (Å²) in [6.07, 6.45) is 3.59. The lowest BCUT2D eigenvalue weighted by Crippen LogP contribution is -2.41. The molecule has 2 aromatic heterocycles. The van der Waals surface area contributed by atoms with Crippen LogP contribution in [0.25, 0.3) is 5.65 Å². The lowest BCUT2D eigenvalue weighted by Gasteiger charge is -2.31. The normalized spacial score (nSPS) is 18.9. The molecule has 0 aliphatic carbocycles. The number of fused-ring (bicyclic) bond motifs is 1. The Morgan fingerprint density at radius 3 is 3.09 bits per heavy atom. The third-order valence-electron chi connectivity index (χ3n) is 4.12. The lowest BCUT2D eigenvalue weighted by atomic mass is 9.99. The van der Waals surface area contributed by atoms with Crippen LogP contribution in [0.15, 0.2) is 18.3 Å². The molecule has 118 valence electrons. The monoisotopic (exact) mass is 305 g/mol. The van der Waals surface area contributed by atoms with E-state index in [-0.39, 0.29) is 11.6 Å². The molecule has 0 N–H and O–H groups in total. The van der Waals surface area contributed by atoms with E-state index in [0.717, 1.165) is 18.4 Å². The van der Waals surface area contributed by atoms with Gasteiger partial charge in [0.15, 0.2) is 5.69 Å². The maximum atomic E-state index is 14.5. The molecule has 0 aromatic carbocycles. The summed E-state index contributed by atoms with van der Waals surface area (Å²) in [5.41, 5.74) is 1.28. The van der Waals surface area contributed by atoms with Gasteiger partial charge in [-0.25, -0.2) is 4.98 Å². The van der Waals surface area contributed by atoms with Crippen LogP contribution < -0.4 is 0 Å². The van der Waals surface area contributed by atoms with Crippen LogP contribution in [0.3, 0.4) is 0 Å². The number of ether oxygens (including phenoxy) is 1.